The quantitative estimate of drug-likeness (QED) is 0.827. The molecule has 2 rings (SSSR count). The summed E-state index contributed by atoms with van der Waals surface area (Å²) in [5, 5.41) is 6.76. The van der Waals surface area contributed by atoms with Gasteiger partial charge in [0.25, 0.3) is 0 Å². The largest absolute Gasteiger partial charge is 0.444 e. The molecule has 0 aromatic carbocycles. The highest BCUT2D eigenvalue weighted by atomic mass is 16.6. The highest BCUT2D eigenvalue weighted by molar-refractivity contribution is 5.68. The van der Waals surface area contributed by atoms with E-state index in [-0.39, 0.29) is 12.1 Å². The highest BCUT2D eigenvalue weighted by Gasteiger charge is 2.31. The second kappa shape index (κ2) is 6.12. The first-order valence-corrected chi connectivity index (χ1v) is 7.69. The van der Waals surface area contributed by atoms with Gasteiger partial charge in [0, 0.05) is 18.1 Å². The van der Waals surface area contributed by atoms with Crippen molar-refractivity contribution in [2.75, 3.05) is 0 Å². The van der Waals surface area contributed by atoms with Gasteiger partial charge < -0.3 is 15.4 Å². The minimum absolute atomic E-state index is 0.226. The number of hydrogen-bond donors (Lipinski definition) is 2. The van der Waals surface area contributed by atoms with Crippen molar-refractivity contribution in [2.45, 2.75) is 89.4 Å². The van der Waals surface area contributed by atoms with Gasteiger partial charge in [0.05, 0.1) is 0 Å². The van der Waals surface area contributed by atoms with Crippen LogP contribution in [0.15, 0.2) is 0 Å². The molecule has 2 N–H and O–H groups in total. The van der Waals surface area contributed by atoms with Crippen LogP contribution in [0.5, 0.6) is 0 Å². The van der Waals surface area contributed by atoms with E-state index in [0.717, 1.165) is 12.8 Å². The lowest BCUT2D eigenvalue weighted by Gasteiger charge is -2.38. The molecule has 0 aromatic rings. The maximum absolute atomic E-state index is 11.9. The molecule has 2 fully saturated rings. The van der Waals surface area contributed by atoms with Crippen molar-refractivity contribution in [3.8, 4) is 0 Å². The number of carbonyl (C=O) groups is 1. The number of nitrogens with one attached hydrogen (secondary N) is 2. The number of rotatable bonds is 3. The van der Waals surface area contributed by atoms with Gasteiger partial charge in [-0.25, -0.2) is 4.79 Å². The SMILES string of the molecule is CC(C)(C)OC(=O)N[C@@H]1CCCC[C@H]1NC1CCC1. The molecule has 0 unspecified atom stereocenters. The van der Waals surface area contributed by atoms with Gasteiger partial charge in [-0.1, -0.05) is 19.3 Å². The highest BCUT2D eigenvalue weighted by Crippen LogP contribution is 2.24. The van der Waals surface area contributed by atoms with E-state index in [1.807, 2.05) is 20.8 Å². The van der Waals surface area contributed by atoms with Crippen LogP contribution < -0.4 is 10.6 Å². The Morgan fingerprint density at radius 3 is 2.16 bits per heavy atom. The van der Waals surface area contributed by atoms with Crippen molar-refractivity contribution < 1.29 is 9.53 Å². The summed E-state index contributed by atoms with van der Waals surface area (Å²) in [7, 11) is 0. The first kappa shape index (κ1) is 14.6. The summed E-state index contributed by atoms with van der Waals surface area (Å²) >= 11 is 0. The molecule has 4 nitrogen and oxygen atoms in total. The lowest BCUT2D eigenvalue weighted by Crippen LogP contribution is -2.56. The van der Waals surface area contributed by atoms with Crippen LogP contribution in [0.4, 0.5) is 4.79 Å². The molecule has 0 aromatic heterocycles. The first-order chi connectivity index (χ1) is 8.94. The van der Waals surface area contributed by atoms with E-state index in [2.05, 4.69) is 10.6 Å². The van der Waals surface area contributed by atoms with E-state index >= 15 is 0 Å². The van der Waals surface area contributed by atoms with E-state index in [9.17, 15) is 4.79 Å². The Bertz CT molecular complexity index is 308. The Labute approximate surface area is 116 Å². The summed E-state index contributed by atoms with van der Waals surface area (Å²) in [4.78, 5) is 11.9. The minimum Gasteiger partial charge on any atom is -0.444 e. The van der Waals surface area contributed by atoms with Gasteiger partial charge in [0.2, 0.25) is 0 Å². The van der Waals surface area contributed by atoms with Gasteiger partial charge in [-0.3, -0.25) is 0 Å². The fraction of sp³-hybridized carbons (Fsp3) is 0.933. The predicted octanol–water partition coefficient (Wildman–Crippen LogP) is 2.96. The fourth-order valence-corrected chi connectivity index (χ4v) is 2.84. The monoisotopic (exact) mass is 268 g/mol. The van der Waals surface area contributed by atoms with Crippen molar-refractivity contribution in [2.24, 2.45) is 0 Å². The third-order valence-corrected chi connectivity index (χ3v) is 4.02. The van der Waals surface area contributed by atoms with Crippen LogP contribution >= 0.6 is 0 Å². The van der Waals surface area contributed by atoms with Crippen LogP contribution in [0.1, 0.15) is 65.7 Å². The molecular weight excluding hydrogens is 240 g/mol. The second-order valence-electron chi connectivity index (χ2n) is 6.94. The molecule has 0 aliphatic heterocycles. The van der Waals surface area contributed by atoms with Crippen molar-refractivity contribution in [1.29, 1.82) is 0 Å². The second-order valence-corrected chi connectivity index (χ2v) is 6.94. The zero-order chi connectivity index (χ0) is 13.9. The van der Waals surface area contributed by atoms with Gasteiger partial charge in [-0.15, -0.1) is 0 Å². The van der Waals surface area contributed by atoms with E-state index in [0.29, 0.717) is 12.1 Å². The van der Waals surface area contributed by atoms with Crippen molar-refractivity contribution in [3.63, 3.8) is 0 Å². The van der Waals surface area contributed by atoms with Crippen LogP contribution in [0.3, 0.4) is 0 Å². The molecule has 110 valence electrons. The third-order valence-electron chi connectivity index (χ3n) is 4.02. The number of amides is 1. The summed E-state index contributed by atoms with van der Waals surface area (Å²) in [6.45, 7) is 5.70. The topological polar surface area (TPSA) is 50.4 Å². The lowest BCUT2D eigenvalue weighted by atomic mass is 9.86. The maximum atomic E-state index is 11.9. The van der Waals surface area contributed by atoms with E-state index in [1.54, 1.807) is 0 Å². The van der Waals surface area contributed by atoms with Crippen LogP contribution in [0.25, 0.3) is 0 Å². The number of alkyl carbamates (subject to hydrolysis) is 1. The van der Waals surface area contributed by atoms with Crippen molar-refractivity contribution >= 4 is 6.09 Å². The summed E-state index contributed by atoms with van der Waals surface area (Å²) < 4.78 is 5.36. The van der Waals surface area contributed by atoms with Crippen LogP contribution in [0.2, 0.25) is 0 Å². The Balaban J connectivity index is 1.82. The molecule has 4 heteroatoms. The number of hydrogen-bond acceptors (Lipinski definition) is 3. The summed E-state index contributed by atoms with van der Waals surface area (Å²) in [6.07, 6.45) is 8.32. The summed E-state index contributed by atoms with van der Waals surface area (Å²) in [5.74, 6) is 0. The van der Waals surface area contributed by atoms with E-state index in [4.69, 9.17) is 4.74 Å². The molecule has 1 amide bonds. The Morgan fingerprint density at radius 1 is 1.00 bits per heavy atom. The molecular formula is C15H28N2O2. The third kappa shape index (κ3) is 4.68. The zero-order valence-corrected chi connectivity index (χ0v) is 12.5. The summed E-state index contributed by atoms with van der Waals surface area (Å²) in [6, 6.07) is 1.32. The van der Waals surface area contributed by atoms with Crippen molar-refractivity contribution in [1.82, 2.24) is 10.6 Å². The molecule has 0 spiro atoms. The van der Waals surface area contributed by atoms with E-state index < -0.39 is 5.60 Å². The molecule has 0 heterocycles. The minimum atomic E-state index is -0.421. The number of ether oxygens (including phenoxy) is 1. The van der Waals surface area contributed by atoms with Gasteiger partial charge in [-0.05, 0) is 46.5 Å². The lowest BCUT2D eigenvalue weighted by molar-refractivity contribution is 0.0474. The van der Waals surface area contributed by atoms with Crippen LogP contribution in [-0.2, 0) is 4.74 Å². The normalized spacial score (nSPS) is 28.6. The van der Waals surface area contributed by atoms with Crippen LogP contribution in [-0.4, -0.2) is 29.8 Å². The standard InChI is InChI=1S/C15H28N2O2/c1-15(2,3)19-14(18)17-13-10-5-4-9-12(13)16-11-7-6-8-11/h11-13,16H,4-10H2,1-3H3,(H,17,18)/t12-,13-/m1/s1. The molecule has 2 saturated carbocycles. The molecule has 19 heavy (non-hydrogen) atoms. The molecule has 2 aliphatic rings. The zero-order valence-electron chi connectivity index (χ0n) is 12.5. The maximum Gasteiger partial charge on any atom is 0.407 e. The predicted molar refractivity (Wildman–Crippen MR) is 76.2 cm³/mol. The average Bonchev–Trinajstić information content (AvgIpc) is 2.22. The smallest absolute Gasteiger partial charge is 0.407 e. The van der Waals surface area contributed by atoms with Gasteiger partial charge in [0.15, 0.2) is 0 Å². The van der Waals surface area contributed by atoms with E-state index in [1.165, 1.54) is 32.1 Å². The Morgan fingerprint density at radius 2 is 1.63 bits per heavy atom. The number of carbonyl (C=O) groups excluding carboxylic acids is 1. The van der Waals surface area contributed by atoms with Crippen molar-refractivity contribution in [3.05, 3.63) is 0 Å². The molecule has 0 bridgehead atoms. The molecule has 2 atom stereocenters. The Hall–Kier alpha value is -0.770. The molecule has 0 saturated heterocycles. The van der Waals surface area contributed by atoms with Gasteiger partial charge >= 0.3 is 6.09 Å². The Kier molecular flexibility index (Phi) is 4.71. The molecule has 2 aliphatic carbocycles. The first-order valence-electron chi connectivity index (χ1n) is 7.69. The van der Waals surface area contributed by atoms with Gasteiger partial charge in [0.1, 0.15) is 5.60 Å². The van der Waals surface area contributed by atoms with Gasteiger partial charge in [-0.2, -0.15) is 0 Å². The van der Waals surface area contributed by atoms with Crippen LogP contribution in [0, 0.1) is 0 Å². The summed E-state index contributed by atoms with van der Waals surface area (Å²) in [5.41, 5.74) is -0.421. The molecule has 0 radical (unpaired) electrons. The fourth-order valence-electron chi connectivity index (χ4n) is 2.84. The average molecular weight is 268 g/mol.